The van der Waals surface area contributed by atoms with Gasteiger partial charge in [-0.05, 0) is 50.3 Å². The summed E-state index contributed by atoms with van der Waals surface area (Å²) in [5.74, 6) is -0.341. The number of hydrogen-bond donors (Lipinski definition) is 2. The van der Waals surface area contributed by atoms with E-state index in [9.17, 15) is 4.79 Å². The molecule has 0 aliphatic heterocycles. The summed E-state index contributed by atoms with van der Waals surface area (Å²) >= 11 is 5.26. The van der Waals surface area contributed by atoms with Crippen molar-refractivity contribution in [3.63, 3.8) is 0 Å². The molecule has 7 nitrogen and oxygen atoms in total. The Morgan fingerprint density at radius 3 is 2.54 bits per heavy atom. The summed E-state index contributed by atoms with van der Waals surface area (Å²) < 4.78 is 11.9. The van der Waals surface area contributed by atoms with Crippen LogP contribution in [0, 0.1) is 0 Å². The topological polar surface area (TPSA) is 77.4 Å². The molecule has 128 valence electrons. The van der Waals surface area contributed by atoms with Gasteiger partial charge >= 0.3 is 5.97 Å². The zero-order chi connectivity index (χ0) is 17.4. The van der Waals surface area contributed by atoms with Crippen LogP contribution in [0.25, 0.3) is 0 Å². The number of ether oxygens (including phenoxy) is 2. The molecule has 0 bridgehead atoms. The second-order valence-electron chi connectivity index (χ2n) is 4.77. The van der Waals surface area contributed by atoms with Gasteiger partial charge in [-0.15, -0.1) is 0 Å². The molecule has 1 heterocycles. The number of esters is 1. The molecule has 0 aliphatic rings. The molecule has 8 heteroatoms. The number of hydrogen-bond acceptors (Lipinski definition) is 5. The van der Waals surface area contributed by atoms with Crippen molar-refractivity contribution in [2.45, 2.75) is 20.6 Å². The van der Waals surface area contributed by atoms with Crippen molar-refractivity contribution in [1.29, 1.82) is 0 Å². The number of rotatable bonds is 7. The molecule has 1 aromatic carbocycles. The van der Waals surface area contributed by atoms with Crippen LogP contribution in [-0.2, 0) is 16.2 Å². The van der Waals surface area contributed by atoms with Crippen molar-refractivity contribution < 1.29 is 14.3 Å². The van der Waals surface area contributed by atoms with Gasteiger partial charge in [0, 0.05) is 12.3 Å². The lowest BCUT2D eigenvalue weighted by molar-refractivity contribution is 0.0526. The van der Waals surface area contributed by atoms with E-state index >= 15 is 0 Å². The Labute approximate surface area is 145 Å². The maximum Gasteiger partial charge on any atom is 0.338 e. The number of aromatic nitrogens is 2. The van der Waals surface area contributed by atoms with E-state index in [1.807, 2.05) is 6.92 Å². The van der Waals surface area contributed by atoms with Crippen LogP contribution in [0.4, 0.5) is 11.4 Å². The molecule has 24 heavy (non-hydrogen) atoms. The lowest BCUT2D eigenvalue weighted by atomic mass is 10.2. The van der Waals surface area contributed by atoms with Crippen molar-refractivity contribution in [3.8, 4) is 0 Å². The third-order valence-electron chi connectivity index (χ3n) is 2.97. The molecule has 0 amide bonds. The van der Waals surface area contributed by atoms with Crippen LogP contribution in [-0.4, -0.2) is 34.1 Å². The van der Waals surface area contributed by atoms with E-state index in [0.29, 0.717) is 30.6 Å². The van der Waals surface area contributed by atoms with E-state index in [0.717, 1.165) is 11.4 Å². The molecule has 2 N–H and O–H groups in total. The third kappa shape index (κ3) is 5.32. The highest BCUT2D eigenvalue weighted by Gasteiger charge is 2.06. The summed E-state index contributed by atoms with van der Waals surface area (Å²) in [4.78, 5) is 11.6. The molecule has 0 atom stereocenters. The average molecular weight is 348 g/mol. The van der Waals surface area contributed by atoms with E-state index in [1.54, 1.807) is 48.3 Å². The molecule has 0 saturated carbocycles. The van der Waals surface area contributed by atoms with E-state index in [1.165, 1.54) is 0 Å². The highest BCUT2D eigenvalue weighted by Crippen LogP contribution is 2.12. The van der Waals surface area contributed by atoms with Crippen LogP contribution in [0.3, 0.4) is 0 Å². The number of anilines is 2. The van der Waals surface area contributed by atoms with Crippen molar-refractivity contribution >= 4 is 34.7 Å². The van der Waals surface area contributed by atoms with Crippen molar-refractivity contribution in [1.82, 2.24) is 9.78 Å². The van der Waals surface area contributed by atoms with E-state index < -0.39 is 0 Å². The maximum atomic E-state index is 11.6. The summed E-state index contributed by atoms with van der Waals surface area (Å²) in [6.45, 7) is 5.07. The quantitative estimate of drug-likeness (QED) is 0.588. The van der Waals surface area contributed by atoms with Gasteiger partial charge in [-0.3, -0.25) is 0 Å². The van der Waals surface area contributed by atoms with Crippen LogP contribution < -0.4 is 10.6 Å². The zero-order valence-electron chi connectivity index (χ0n) is 13.6. The Morgan fingerprint density at radius 2 is 1.88 bits per heavy atom. The highest BCUT2D eigenvalue weighted by atomic mass is 32.1. The number of carbonyl (C=O) groups excluding carboxylic acids is 1. The Balaban J connectivity index is 1.87. The van der Waals surface area contributed by atoms with Crippen molar-refractivity contribution in [3.05, 3.63) is 42.2 Å². The molecule has 0 spiro atoms. The first-order valence-corrected chi connectivity index (χ1v) is 7.98. The zero-order valence-corrected chi connectivity index (χ0v) is 14.4. The van der Waals surface area contributed by atoms with Gasteiger partial charge in [-0.2, -0.15) is 5.10 Å². The number of nitrogens with zero attached hydrogens (tertiary/aromatic N) is 2. The lowest BCUT2D eigenvalue weighted by Gasteiger charge is -2.09. The fourth-order valence-electron chi connectivity index (χ4n) is 1.88. The highest BCUT2D eigenvalue weighted by molar-refractivity contribution is 7.80. The molecule has 0 fully saturated rings. The van der Waals surface area contributed by atoms with Crippen LogP contribution in [0.15, 0.2) is 36.7 Å². The van der Waals surface area contributed by atoms with Gasteiger partial charge < -0.3 is 20.1 Å². The van der Waals surface area contributed by atoms with Gasteiger partial charge in [-0.25, -0.2) is 9.48 Å². The molecule has 2 rings (SSSR count). The number of nitrogens with one attached hydrogen (secondary N) is 2. The Hall–Kier alpha value is -2.45. The Morgan fingerprint density at radius 1 is 1.17 bits per heavy atom. The smallest absolute Gasteiger partial charge is 0.338 e. The molecular formula is C16H20N4O3S. The predicted octanol–water partition coefficient (Wildman–Crippen LogP) is 2.86. The molecule has 1 aromatic heterocycles. The fourth-order valence-corrected chi connectivity index (χ4v) is 2.12. The normalized spacial score (nSPS) is 10.2. The van der Waals surface area contributed by atoms with Gasteiger partial charge in [-0.1, -0.05) is 0 Å². The molecule has 2 aromatic rings. The van der Waals surface area contributed by atoms with E-state index in [2.05, 4.69) is 15.7 Å². The summed E-state index contributed by atoms with van der Waals surface area (Å²) in [7, 11) is 0. The Bertz CT molecular complexity index is 685. The molecule has 0 aliphatic carbocycles. The summed E-state index contributed by atoms with van der Waals surface area (Å²) in [6.07, 6.45) is 3.46. The van der Waals surface area contributed by atoms with Crippen LogP contribution in [0.1, 0.15) is 24.2 Å². The SMILES string of the molecule is CCOCn1cc(NC(=S)Nc2ccc(C(=O)OCC)cc2)cn1. The van der Waals surface area contributed by atoms with Crippen LogP contribution in [0.5, 0.6) is 0 Å². The minimum Gasteiger partial charge on any atom is -0.462 e. The molecule has 0 unspecified atom stereocenters. The Kier molecular flexibility index (Phi) is 6.71. The van der Waals surface area contributed by atoms with Crippen LogP contribution >= 0.6 is 12.2 Å². The van der Waals surface area contributed by atoms with Gasteiger partial charge in [0.05, 0.1) is 30.3 Å². The van der Waals surface area contributed by atoms with E-state index in [-0.39, 0.29) is 5.97 Å². The monoisotopic (exact) mass is 348 g/mol. The first-order valence-electron chi connectivity index (χ1n) is 7.57. The fraction of sp³-hybridized carbons (Fsp3) is 0.312. The third-order valence-corrected chi connectivity index (χ3v) is 3.18. The second-order valence-corrected chi connectivity index (χ2v) is 5.18. The standard InChI is InChI=1S/C16H20N4O3S/c1-3-22-11-20-10-14(9-17-20)19-16(24)18-13-7-5-12(6-8-13)15(21)23-4-2/h5-10H,3-4,11H2,1-2H3,(H2,18,19,24). The predicted molar refractivity (Wildman–Crippen MR) is 96.1 cm³/mol. The minimum absolute atomic E-state index is 0.341. The summed E-state index contributed by atoms with van der Waals surface area (Å²) in [5.41, 5.74) is 2.02. The molecule has 0 radical (unpaired) electrons. The number of thiocarbonyl (C=S) groups is 1. The second kappa shape index (κ2) is 8.99. The van der Waals surface area contributed by atoms with Gasteiger partial charge in [0.15, 0.2) is 5.11 Å². The summed E-state index contributed by atoms with van der Waals surface area (Å²) in [5, 5.41) is 10.7. The van der Waals surface area contributed by atoms with Gasteiger partial charge in [0.2, 0.25) is 0 Å². The van der Waals surface area contributed by atoms with Crippen LogP contribution in [0.2, 0.25) is 0 Å². The number of benzene rings is 1. The first-order chi connectivity index (χ1) is 11.6. The first kappa shape index (κ1) is 17.9. The van der Waals surface area contributed by atoms with E-state index in [4.69, 9.17) is 21.7 Å². The van der Waals surface area contributed by atoms with Gasteiger partial charge in [0.25, 0.3) is 0 Å². The maximum absolute atomic E-state index is 11.6. The van der Waals surface area contributed by atoms with Gasteiger partial charge in [0.1, 0.15) is 6.73 Å². The lowest BCUT2D eigenvalue weighted by Crippen LogP contribution is -2.18. The summed E-state index contributed by atoms with van der Waals surface area (Å²) in [6, 6.07) is 6.89. The van der Waals surface area contributed by atoms with Crippen molar-refractivity contribution in [2.75, 3.05) is 23.8 Å². The van der Waals surface area contributed by atoms with Crippen molar-refractivity contribution in [2.24, 2.45) is 0 Å². The minimum atomic E-state index is -0.341. The number of carbonyl (C=O) groups is 1. The average Bonchev–Trinajstić information content (AvgIpc) is 3.01. The largest absolute Gasteiger partial charge is 0.462 e. The molecular weight excluding hydrogens is 328 g/mol. The molecule has 0 saturated heterocycles.